The van der Waals surface area contributed by atoms with E-state index in [1.54, 1.807) is 23.5 Å². The first kappa shape index (κ1) is 17.3. The summed E-state index contributed by atoms with van der Waals surface area (Å²) in [4.78, 5) is 27.3. The predicted octanol–water partition coefficient (Wildman–Crippen LogP) is -0.524. The van der Waals surface area contributed by atoms with Gasteiger partial charge in [0.1, 0.15) is 0 Å². The number of aliphatic hydroxyl groups is 1. The number of hydrogen-bond donors (Lipinski definition) is 1. The van der Waals surface area contributed by atoms with E-state index in [-0.39, 0.29) is 11.8 Å². The molecule has 2 aliphatic heterocycles. The van der Waals surface area contributed by atoms with Gasteiger partial charge in [0.05, 0.1) is 18.3 Å². The van der Waals surface area contributed by atoms with Gasteiger partial charge in [-0.3, -0.25) is 19.7 Å². The van der Waals surface area contributed by atoms with Crippen LogP contribution in [0.15, 0.2) is 18.6 Å². The maximum Gasteiger partial charge on any atom is 0.236 e. The van der Waals surface area contributed by atoms with Crippen LogP contribution in [0.5, 0.6) is 0 Å². The number of aromatic nitrogens is 2. The number of β-amino-alcohol motifs (C(OH)–C–C–N with tert-alkyl or cyclic N) is 1. The van der Waals surface area contributed by atoms with Crippen molar-refractivity contribution in [3.63, 3.8) is 0 Å². The van der Waals surface area contributed by atoms with E-state index in [1.807, 2.05) is 0 Å². The van der Waals surface area contributed by atoms with Gasteiger partial charge >= 0.3 is 0 Å². The predicted molar refractivity (Wildman–Crippen MR) is 90.4 cm³/mol. The quantitative estimate of drug-likeness (QED) is 0.799. The number of hydrogen-bond acceptors (Lipinski definition) is 6. The van der Waals surface area contributed by atoms with Gasteiger partial charge in [0, 0.05) is 50.7 Å². The lowest BCUT2D eigenvalue weighted by Gasteiger charge is -2.23. The van der Waals surface area contributed by atoms with Crippen LogP contribution in [0.2, 0.25) is 0 Å². The largest absolute Gasteiger partial charge is 0.391 e. The molecule has 132 valence electrons. The van der Waals surface area contributed by atoms with Gasteiger partial charge in [-0.05, 0) is 33.0 Å². The molecule has 1 N–H and O–H groups in total. The van der Waals surface area contributed by atoms with Crippen LogP contribution < -0.4 is 0 Å². The molecule has 2 saturated heterocycles. The Morgan fingerprint density at radius 2 is 2.12 bits per heavy atom. The number of nitrogens with zero attached hydrogens (tertiary/aromatic N) is 5. The van der Waals surface area contributed by atoms with Gasteiger partial charge < -0.3 is 14.9 Å². The zero-order chi connectivity index (χ0) is 16.9. The molecule has 0 unspecified atom stereocenters. The smallest absolute Gasteiger partial charge is 0.236 e. The average molecular weight is 333 g/mol. The third-order valence-corrected chi connectivity index (χ3v) is 5.02. The molecule has 7 heteroatoms. The lowest BCUT2D eigenvalue weighted by atomic mass is 10.0. The molecular weight excluding hydrogens is 306 g/mol. The second kappa shape index (κ2) is 8.00. The van der Waals surface area contributed by atoms with Gasteiger partial charge in [0.15, 0.2) is 0 Å². The fourth-order valence-corrected chi connectivity index (χ4v) is 3.51. The minimum Gasteiger partial charge on any atom is -0.391 e. The fourth-order valence-electron chi connectivity index (χ4n) is 3.51. The van der Waals surface area contributed by atoms with Crippen molar-refractivity contribution < 1.29 is 9.90 Å². The van der Waals surface area contributed by atoms with E-state index in [4.69, 9.17) is 0 Å². The molecule has 2 atom stereocenters. The van der Waals surface area contributed by atoms with E-state index in [9.17, 15) is 9.90 Å². The Hall–Kier alpha value is -1.57. The zero-order valence-corrected chi connectivity index (χ0v) is 14.3. The van der Waals surface area contributed by atoms with Crippen LogP contribution in [-0.4, -0.2) is 94.6 Å². The number of likely N-dealkylation sites (N-methyl/N-ethyl adjacent to an activating group) is 1. The topological polar surface area (TPSA) is 72.8 Å². The molecule has 3 rings (SSSR count). The van der Waals surface area contributed by atoms with Crippen molar-refractivity contribution in [3.05, 3.63) is 24.3 Å². The molecule has 24 heavy (non-hydrogen) atoms. The first-order valence-corrected chi connectivity index (χ1v) is 8.73. The van der Waals surface area contributed by atoms with E-state index >= 15 is 0 Å². The van der Waals surface area contributed by atoms with Gasteiger partial charge in [0.25, 0.3) is 0 Å². The fraction of sp³-hybridized carbons (Fsp3) is 0.706. The highest BCUT2D eigenvalue weighted by molar-refractivity contribution is 5.78. The first-order valence-electron chi connectivity index (χ1n) is 8.73. The summed E-state index contributed by atoms with van der Waals surface area (Å²) in [6.45, 7) is 5.48. The Morgan fingerprint density at radius 1 is 1.25 bits per heavy atom. The maximum absolute atomic E-state index is 12.6. The molecule has 0 radical (unpaired) electrons. The Balaban J connectivity index is 1.51. The van der Waals surface area contributed by atoms with Crippen molar-refractivity contribution >= 4 is 5.91 Å². The van der Waals surface area contributed by atoms with E-state index in [1.165, 1.54) is 0 Å². The summed E-state index contributed by atoms with van der Waals surface area (Å²) in [5, 5.41) is 10.3. The molecule has 0 bridgehead atoms. The summed E-state index contributed by atoms with van der Waals surface area (Å²) in [6, 6.07) is 0. The molecule has 2 aliphatic rings. The second-order valence-electron chi connectivity index (χ2n) is 6.96. The standard InChI is InChI=1S/C17H27N5O2/c1-20-5-2-6-21(8-7-20)13-17(24)22-11-14(16(23)12-22)9-15-10-18-3-4-19-15/h3-4,10,14,16,23H,2,5-9,11-13H2,1H3/t14-,16-/m1/s1. The Bertz CT molecular complexity index is 541. The monoisotopic (exact) mass is 333 g/mol. The molecule has 0 aromatic carbocycles. The Morgan fingerprint density at radius 3 is 2.92 bits per heavy atom. The van der Waals surface area contributed by atoms with Crippen LogP contribution in [0.3, 0.4) is 0 Å². The molecule has 1 aromatic heterocycles. The molecule has 7 nitrogen and oxygen atoms in total. The summed E-state index contributed by atoms with van der Waals surface area (Å²) < 4.78 is 0. The Labute approximate surface area is 143 Å². The highest BCUT2D eigenvalue weighted by Gasteiger charge is 2.34. The highest BCUT2D eigenvalue weighted by atomic mass is 16.3. The molecule has 2 fully saturated rings. The van der Waals surface area contributed by atoms with E-state index in [2.05, 4.69) is 26.8 Å². The lowest BCUT2D eigenvalue weighted by molar-refractivity contribution is -0.131. The Kier molecular flexibility index (Phi) is 5.76. The lowest BCUT2D eigenvalue weighted by Crippen LogP contribution is -2.41. The number of carbonyl (C=O) groups is 1. The molecule has 0 aliphatic carbocycles. The summed E-state index contributed by atoms with van der Waals surface area (Å²) in [5.41, 5.74) is 0.867. The maximum atomic E-state index is 12.6. The van der Waals surface area contributed by atoms with Gasteiger partial charge in [-0.2, -0.15) is 0 Å². The van der Waals surface area contributed by atoms with Crippen LogP contribution in [-0.2, 0) is 11.2 Å². The van der Waals surface area contributed by atoms with Crippen LogP contribution >= 0.6 is 0 Å². The van der Waals surface area contributed by atoms with Crippen LogP contribution in [0.1, 0.15) is 12.1 Å². The van der Waals surface area contributed by atoms with Crippen molar-refractivity contribution in [2.24, 2.45) is 5.92 Å². The molecule has 1 aromatic rings. The average Bonchev–Trinajstić information content (AvgIpc) is 2.81. The second-order valence-corrected chi connectivity index (χ2v) is 6.96. The third-order valence-electron chi connectivity index (χ3n) is 5.02. The van der Waals surface area contributed by atoms with Gasteiger partial charge in [-0.25, -0.2) is 0 Å². The van der Waals surface area contributed by atoms with Crippen LogP contribution in [0.25, 0.3) is 0 Å². The van der Waals surface area contributed by atoms with Crippen molar-refractivity contribution in [2.45, 2.75) is 18.9 Å². The number of amides is 1. The number of aliphatic hydroxyl groups excluding tert-OH is 1. The SMILES string of the molecule is CN1CCCN(CC(=O)N2C[C@@H](Cc3cnccn3)[C@H](O)C2)CC1. The first-order chi connectivity index (χ1) is 11.6. The van der Waals surface area contributed by atoms with Gasteiger partial charge in [-0.15, -0.1) is 0 Å². The molecule has 3 heterocycles. The van der Waals surface area contributed by atoms with Crippen LogP contribution in [0, 0.1) is 5.92 Å². The summed E-state index contributed by atoms with van der Waals surface area (Å²) in [6.07, 6.45) is 6.31. The molecule has 0 saturated carbocycles. The normalized spacial score (nSPS) is 26.5. The molecular formula is C17H27N5O2. The highest BCUT2D eigenvalue weighted by Crippen LogP contribution is 2.21. The molecule has 1 amide bonds. The van der Waals surface area contributed by atoms with Crippen molar-refractivity contribution in [1.29, 1.82) is 0 Å². The van der Waals surface area contributed by atoms with Gasteiger partial charge in [0.2, 0.25) is 5.91 Å². The zero-order valence-electron chi connectivity index (χ0n) is 14.3. The number of likely N-dealkylation sites (tertiary alicyclic amines) is 1. The number of carbonyl (C=O) groups excluding carboxylic acids is 1. The van der Waals surface area contributed by atoms with Crippen molar-refractivity contribution in [3.8, 4) is 0 Å². The van der Waals surface area contributed by atoms with E-state index < -0.39 is 6.10 Å². The van der Waals surface area contributed by atoms with Crippen molar-refractivity contribution in [1.82, 2.24) is 24.7 Å². The van der Waals surface area contributed by atoms with Crippen LogP contribution in [0.4, 0.5) is 0 Å². The van der Waals surface area contributed by atoms with E-state index in [0.29, 0.717) is 26.1 Å². The van der Waals surface area contributed by atoms with E-state index in [0.717, 1.165) is 38.3 Å². The van der Waals surface area contributed by atoms with Gasteiger partial charge in [-0.1, -0.05) is 0 Å². The summed E-state index contributed by atoms with van der Waals surface area (Å²) in [7, 11) is 2.12. The minimum absolute atomic E-state index is 0.0425. The minimum atomic E-state index is -0.480. The summed E-state index contributed by atoms with van der Waals surface area (Å²) >= 11 is 0. The third kappa shape index (κ3) is 4.49. The molecule has 0 spiro atoms. The summed E-state index contributed by atoms with van der Waals surface area (Å²) in [5.74, 6) is 0.168. The van der Waals surface area contributed by atoms with Crippen molar-refractivity contribution in [2.75, 3.05) is 52.9 Å². The number of rotatable bonds is 4.